The fourth-order valence-electron chi connectivity index (χ4n) is 2.83. The number of unbranched alkanes of at least 4 members (excludes halogenated alkanes) is 2. The maximum Gasteiger partial charge on any atom is 0.331 e. The number of carbonyl (C=O) groups is 2. The molecule has 0 saturated carbocycles. The maximum atomic E-state index is 12.3. The third kappa shape index (κ3) is 6.45. The lowest BCUT2D eigenvalue weighted by molar-refractivity contribution is -0.132. The number of anilines is 1. The topological polar surface area (TPSA) is 82.5 Å². The predicted octanol–water partition coefficient (Wildman–Crippen LogP) is 4.96. The number of rotatable bonds is 9. The van der Waals surface area contributed by atoms with E-state index in [9.17, 15) is 9.59 Å². The van der Waals surface area contributed by atoms with Crippen LogP contribution in [0.5, 0.6) is 0 Å². The Kier molecular flexibility index (Phi) is 8.40. The van der Waals surface area contributed by atoms with Gasteiger partial charge in [0.15, 0.2) is 0 Å². The molecule has 0 aliphatic carbocycles. The van der Waals surface area contributed by atoms with Crippen molar-refractivity contribution in [1.82, 2.24) is 10.3 Å². The number of aliphatic carboxylic acids is 1. The molecule has 0 bridgehead atoms. The van der Waals surface area contributed by atoms with Gasteiger partial charge < -0.3 is 10.4 Å². The van der Waals surface area contributed by atoms with Crippen LogP contribution in [0.2, 0.25) is 0 Å². The number of nitrogens with zero attached hydrogens (tertiary/aromatic N) is 2. The summed E-state index contributed by atoms with van der Waals surface area (Å²) in [6.07, 6.45) is 5.31. The summed E-state index contributed by atoms with van der Waals surface area (Å²) in [6.45, 7) is 4.60. The van der Waals surface area contributed by atoms with Crippen LogP contribution in [0.4, 0.5) is 10.6 Å². The molecule has 0 aliphatic rings. The van der Waals surface area contributed by atoms with E-state index in [1.165, 1.54) is 4.90 Å². The van der Waals surface area contributed by atoms with Crippen molar-refractivity contribution in [2.45, 2.75) is 39.5 Å². The molecule has 2 rings (SSSR count). The average Bonchev–Trinajstić information content (AvgIpc) is 2.74. The van der Waals surface area contributed by atoms with Crippen LogP contribution in [-0.2, 0) is 4.79 Å². The van der Waals surface area contributed by atoms with Crippen LogP contribution in [0.1, 0.15) is 45.1 Å². The number of nitrogens with one attached hydrogen (secondary N) is 1. The number of amides is 2. The third-order valence-electron chi connectivity index (χ3n) is 4.64. The van der Waals surface area contributed by atoms with E-state index < -0.39 is 5.97 Å². The molecule has 2 aromatic rings. The van der Waals surface area contributed by atoms with Crippen LogP contribution in [0.15, 0.2) is 48.0 Å². The molecule has 0 radical (unpaired) electrons. The molecule has 0 saturated heterocycles. The molecular formula is C23H29N3O3. The van der Waals surface area contributed by atoms with Gasteiger partial charge in [-0.3, -0.25) is 4.90 Å². The zero-order chi connectivity index (χ0) is 21.2. The zero-order valence-corrected chi connectivity index (χ0v) is 17.3. The Balaban J connectivity index is 2.12. The summed E-state index contributed by atoms with van der Waals surface area (Å²) in [5.74, 6) is -0.333. The van der Waals surface area contributed by atoms with Crippen molar-refractivity contribution in [2.24, 2.45) is 0 Å². The summed E-state index contributed by atoms with van der Waals surface area (Å²) >= 11 is 0. The van der Waals surface area contributed by atoms with Gasteiger partial charge in [0.1, 0.15) is 5.82 Å². The van der Waals surface area contributed by atoms with Crippen molar-refractivity contribution in [2.75, 3.05) is 18.5 Å². The number of urea groups is 1. The van der Waals surface area contributed by atoms with E-state index in [-0.39, 0.29) is 6.03 Å². The Bertz CT molecular complexity index is 860. The van der Waals surface area contributed by atoms with E-state index in [2.05, 4.69) is 17.2 Å². The molecule has 0 atom stereocenters. The minimum absolute atomic E-state index is 0.174. The van der Waals surface area contributed by atoms with E-state index in [1.54, 1.807) is 19.2 Å². The zero-order valence-electron chi connectivity index (χ0n) is 17.3. The van der Waals surface area contributed by atoms with Crippen molar-refractivity contribution in [3.8, 4) is 11.3 Å². The fourth-order valence-corrected chi connectivity index (χ4v) is 2.83. The second-order valence-electron chi connectivity index (χ2n) is 6.83. The molecule has 154 valence electrons. The summed E-state index contributed by atoms with van der Waals surface area (Å²) < 4.78 is 0. The molecule has 6 heteroatoms. The van der Waals surface area contributed by atoms with Crippen molar-refractivity contribution in [3.05, 3.63) is 53.6 Å². The predicted molar refractivity (Wildman–Crippen MR) is 117 cm³/mol. The summed E-state index contributed by atoms with van der Waals surface area (Å²) in [5, 5.41) is 12.1. The van der Waals surface area contributed by atoms with Crippen molar-refractivity contribution in [3.63, 3.8) is 0 Å². The minimum Gasteiger partial charge on any atom is -0.478 e. The number of benzene rings is 1. The molecule has 0 spiro atoms. The Morgan fingerprint density at radius 1 is 1.10 bits per heavy atom. The third-order valence-corrected chi connectivity index (χ3v) is 4.64. The highest BCUT2D eigenvalue weighted by atomic mass is 16.4. The number of hydrogen-bond donors (Lipinski definition) is 2. The van der Waals surface area contributed by atoms with Crippen LogP contribution in [0, 0.1) is 0 Å². The first-order chi connectivity index (χ1) is 14.0. The van der Waals surface area contributed by atoms with Crippen LogP contribution in [0.25, 0.3) is 17.3 Å². The number of pyridine rings is 1. The molecule has 6 nitrogen and oxygen atoms in total. The highest BCUT2D eigenvalue weighted by Crippen LogP contribution is 2.22. The van der Waals surface area contributed by atoms with Gasteiger partial charge in [-0.2, -0.15) is 0 Å². The van der Waals surface area contributed by atoms with E-state index in [0.29, 0.717) is 24.4 Å². The first kappa shape index (κ1) is 22.1. The lowest BCUT2D eigenvalue weighted by Gasteiger charge is -2.18. The van der Waals surface area contributed by atoms with E-state index in [1.807, 2.05) is 43.3 Å². The Morgan fingerprint density at radius 2 is 1.83 bits per heavy atom. The second-order valence-corrected chi connectivity index (χ2v) is 6.83. The summed E-state index contributed by atoms with van der Waals surface area (Å²) in [4.78, 5) is 29.6. The first-order valence-corrected chi connectivity index (χ1v) is 9.99. The lowest BCUT2D eigenvalue weighted by atomic mass is 10.1. The van der Waals surface area contributed by atoms with Crippen LogP contribution < -0.4 is 10.2 Å². The molecule has 2 N–H and O–H groups in total. The van der Waals surface area contributed by atoms with Gasteiger partial charge in [-0.1, -0.05) is 57.0 Å². The quantitative estimate of drug-likeness (QED) is 0.464. The summed E-state index contributed by atoms with van der Waals surface area (Å²) in [6, 6.07) is 12.9. The number of carbonyl (C=O) groups excluding carboxylic acids is 1. The summed E-state index contributed by atoms with van der Waals surface area (Å²) in [7, 11) is 1.70. The molecule has 0 unspecified atom stereocenters. The van der Waals surface area contributed by atoms with Gasteiger partial charge in [0.25, 0.3) is 0 Å². The Morgan fingerprint density at radius 3 is 2.45 bits per heavy atom. The highest BCUT2D eigenvalue weighted by Gasteiger charge is 2.12. The lowest BCUT2D eigenvalue weighted by Crippen LogP contribution is -2.38. The average molecular weight is 396 g/mol. The van der Waals surface area contributed by atoms with Crippen molar-refractivity contribution in [1.29, 1.82) is 0 Å². The van der Waals surface area contributed by atoms with E-state index in [4.69, 9.17) is 5.11 Å². The number of aromatic nitrogens is 1. The largest absolute Gasteiger partial charge is 0.478 e. The van der Waals surface area contributed by atoms with Gasteiger partial charge in [0.2, 0.25) is 0 Å². The van der Waals surface area contributed by atoms with Gasteiger partial charge in [-0.15, -0.1) is 0 Å². The SMILES string of the molecule is CCCCCNC(=O)N(C)c1cccc(-c2ccc(/C=C(\CC)C(=O)O)cc2)n1. The van der Waals surface area contributed by atoms with Gasteiger partial charge in [-0.25, -0.2) is 14.6 Å². The Hall–Kier alpha value is -3.15. The van der Waals surface area contributed by atoms with Gasteiger partial charge >= 0.3 is 12.0 Å². The minimum atomic E-state index is -0.901. The van der Waals surface area contributed by atoms with Crippen LogP contribution in [0.3, 0.4) is 0 Å². The monoisotopic (exact) mass is 395 g/mol. The van der Waals surface area contributed by atoms with Gasteiger partial charge in [0.05, 0.1) is 5.69 Å². The van der Waals surface area contributed by atoms with Gasteiger partial charge in [0, 0.05) is 24.7 Å². The molecule has 0 aliphatic heterocycles. The molecule has 1 aromatic heterocycles. The maximum absolute atomic E-state index is 12.3. The molecule has 1 heterocycles. The first-order valence-electron chi connectivity index (χ1n) is 9.99. The smallest absolute Gasteiger partial charge is 0.331 e. The normalized spacial score (nSPS) is 11.2. The van der Waals surface area contributed by atoms with E-state index in [0.717, 1.165) is 36.1 Å². The van der Waals surface area contributed by atoms with Gasteiger partial charge in [-0.05, 0) is 36.6 Å². The Labute approximate surface area is 172 Å². The molecule has 1 aromatic carbocycles. The standard InChI is InChI=1S/C23H29N3O3/c1-4-6-7-15-24-23(29)26(3)21-10-8-9-20(25-21)19-13-11-17(12-14-19)16-18(5-2)22(27)28/h8-14,16H,4-7,15H2,1-3H3,(H,24,29)(H,27,28)/b18-16+. The van der Waals surface area contributed by atoms with E-state index >= 15 is 0 Å². The van der Waals surface area contributed by atoms with Crippen molar-refractivity contribution >= 4 is 23.9 Å². The fraction of sp³-hybridized carbons (Fsp3) is 0.348. The summed E-state index contributed by atoms with van der Waals surface area (Å²) in [5.41, 5.74) is 2.84. The highest BCUT2D eigenvalue weighted by molar-refractivity contribution is 5.92. The molecule has 2 amide bonds. The van der Waals surface area contributed by atoms with Crippen molar-refractivity contribution < 1.29 is 14.7 Å². The number of carboxylic acids is 1. The molecular weight excluding hydrogens is 366 g/mol. The van der Waals surface area contributed by atoms with Crippen LogP contribution >= 0.6 is 0 Å². The number of hydrogen-bond acceptors (Lipinski definition) is 3. The molecule has 0 fully saturated rings. The molecule has 29 heavy (non-hydrogen) atoms. The number of carboxylic acid groups (broad SMARTS) is 1. The second kappa shape index (κ2) is 11.0. The van der Waals surface area contributed by atoms with Crippen LogP contribution in [-0.4, -0.2) is 35.7 Å².